The molecule has 5 heteroatoms. The minimum atomic E-state index is 0.169. The number of hydrogen-bond acceptors (Lipinski definition) is 4. The molecule has 2 fully saturated rings. The van der Waals surface area contributed by atoms with Crippen molar-refractivity contribution in [1.82, 2.24) is 14.7 Å². The van der Waals surface area contributed by atoms with E-state index in [1.165, 1.54) is 5.69 Å². The van der Waals surface area contributed by atoms with Crippen LogP contribution in [0.25, 0.3) is 5.52 Å². The minimum Gasteiger partial charge on any atom is -0.370 e. The van der Waals surface area contributed by atoms with Gasteiger partial charge in [-0.25, -0.2) is 4.98 Å². The summed E-state index contributed by atoms with van der Waals surface area (Å²) in [7, 11) is 0. The maximum absolute atomic E-state index is 5.75. The van der Waals surface area contributed by atoms with E-state index in [1.54, 1.807) is 0 Å². The molecule has 1 N–H and O–H groups in total. The smallest absolute Gasteiger partial charge is 0.142 e. The number of ether oxygens (including phenoxy) is 1. The fraction of sp³-hybridized carbons (Fsp3) is 0.533. The molecule has 0 aromatic carbocycles. The Morgan fingerprint density at radius 2 is 2.20 bits per heavy atom. The van der Waals surface area contributed by atoms with Crippen LogP contribution in [-0.4, -0.2) is 42.2 Å². The summed E-state index contributed by atoms with van der Waals surface area (Å²) in [4.78, 5) is 7.00. The van der Waals surface area contributed by atoms with Crippen molar-refractivity contribution in [3.8, 4) is 0 Å². The number of nitrogens with one attached hydrogen (secondary N) is 1. The number of hydrogen-bond donors (Lipinski definition) is 1. The molecule has 5 nitrogen and oxygen atoms in total. The van der Waals surface area contributed by atoms with Crippen LogP contribution in [0.15, 0.2) is 24.5 Å². The highest BCUT2D eigenvalue weighted by molar-refractivity contribution is 5.59. The molecule has 0 bridgehead atoms. The second kappa shape index (κ2) is 5.07. The highest BCUT2D eigenvalue weighted by Crippen LogP contribution is 2.29. The summed E-state index contributed by atoms with van der Waals surface area (Å²) < 4.78 is 7.92. The average molecular weight is 272 g/mol. The van der Waals surface area contributed by atoms with Gasteiger partial charge in [-0.05, 0) is 25.0 Å². The summed E-state index contributed by atoms with van der Waals surface area (Å²) in [6, 6.07) is 4.43. The van der Waals surface area contributed by atoms with Gasteiger partial charge in [-0.1, -0.05) is 0 Å². The molecular formula is C15H20N4O. The SMILES string of the molecule is c1cn2c(C3CCCO3)ncc2cc1N1CCNCC1. The van der Waals surface area contributed by atoms with Crippen LogP contribution in [-0.2, 0) is 4.74 Å². The zero-order chi connectivity index (χ0) is 13.4. The van der Waals surface area contributed by atoms with Gasteiger partial charge in [0.2, 0.25) is 0 Å². The lowest BCUT2D eigenvalue weighted by atomic mass is 10.2. The van der Waals surface area contributed by atoms with E-state index in [4.69, 9.17) is 4.74 Å². The lowest BCUT2D eigenvalue weighted by Gasteiger charge is -2.29. The maximum atomic E-state index is 5.75. The van der Waals surface area contributed by atoms with Gasteiger partial charge >= 0.3 is 0 Å². The van der Waals surface area contributed by atoms with Gasteiger partial charge in [0.05, 0.1) is 11.7 Å². The van der Waals surface area contributed by atoms with E-state index in [2.05, 4.69) is 37.9 Å². The Hall–Kier alpha value is -1.59. The Kier molecular flexibility index (Phi) is 3.09. The first kappa shape index (κ1) is 12.2. The number of nitrogens with zero attached hydrogens (tertiary/aromatic N) is 3. The van der Waals surface area contributed by atoms with Crippen molar-refractivity contribution in [2.75, 3.05) is 37.7 Å². The van der Waals surface area contributed by atoms with Gasteiger partial charge in [0, 0.05) is 44.7 Å². The van der Waals surface area contributed by atoms with Crippen LogP contribution >= 0.6 is 0 Å². The fourth-order valence-corrected chi connectivity index (χ4v) is 3.15. The highest BCUT2D eigenvalue weighted by atomic mass is 16.5. The molecule has 4 rings (SSSR count). The van der Waals surface area contributed by atoms with Crippen molar-refractivity contribution in [3.63, 3.8) is 0 Å². The van der Waals surface area contributed by atoms with E-state index in [9.17, 15) is 0 Å². The van der Waals surface area contributed by atoms with E-state index in [1.807, 2.05) is 6.20 Å². The predicted octanol–water partition coefficient (Wildman–Crippen LogP) is 1.60. The quantitative estimate of drug-likeness (QED) is 0.901. The molecule has 2 aliphatic heterocycles. The van der Waals surface area contributed by atoms with E-state index >= 15 is 0 Å². The first-order chi connectivity index (χ1) is 9.92. The second-order valence-electron chi connectivity index (χ2n) is 5.53. The highest BCUT2D eigenvalue weighted by Gasteiger charge is 2.22. The number of fused-ring (bicyclic) bond motifs is 1. The Morgan fingerprint density at radius 3 is 3.00 bits per heavy atom. The van der Waals surface area contributed by atoms with Crippen LogP contribution in [0, 0.1) is 0 Å². The molecule has 4 heterocycles. The number of aromatic nitrogens is 2. The molecule has 2 saturated heterocycles. The van der Waals surface area contributed by atoms with Gasteiger partial charge in [-0.2, -0.15) is 0 Å². The summed E-state index contributed by atoms with van der Waals surface area (Å²) in [5, 5.41) is 3.39. The minimum absolute atomic E-state index is 0.169. The monoisotopic (exact) mass is 272 g/mol. The van der Waals surface area contributed by atoms with E-state index in [0.717, 1.165) is 57.0 Å². The third-order valence-corrected chi connectivity index (χ3v) is 4.24. The van der Waals surface area contributed by atoms with Crippen molar-refractivity contribution in [1.29, 1.82) is 0 Å². The largest absolute Gasteiger partial charge is 0.370 e. The summed E-state index contributed by atoms with van der Waals surface area (Å²) in [5.41, 5.74) is 2.45. The zero-order valence-electron chi connectivity index (χ0n) is 11.6. The molecule has 1 atom stereocenters. The molecular weight excluding hydrogens is 252 g/mol. The molecule has 20 heavy (non-hydrogen) atoms. The Labute approximate surface area is 118 Å². The van der Waals surface area contributed by atoms with Crippen molar-refractivity contribution < 1.29 is 4.74 Å². The third-order valence-electron chi connectivity index (χ3n) is 4.24. The zero-order valence-corrected chi connectivity index (χ0v) is 11.6. The van der Waals surface area contributed by atoms with Crippen LogP contribution in [0.1, 0.15) is 24.8 Å². The number of rotatable bonds is 2. The number of piperazine rings is 1. The Balaban J connectivity index is 1.66. The number of imidazole rings is 1. The summed E-state index contributed by atoms with van der Waals surface area (Å²) in [6.07, 6.45) is 6.49. The fourth-order valence-electron chi connectivity index (χ4n) is 3.15. The summed E-state index contributed by atoms with van der Waals surface area (Å²) in [5.74, 6) is 1.05. The lowest BCUT2D eigenvalue weighted by molar-refractivity contribution is 0.104. The van der Waals surface area contributed by atoms with Crippen LogP contribution < -0.4 is 10.2 Å². The first-order valence-corrected chi connectivity index (χ1v) is 7.46. The van der Waals surface area contributed by atoms with Gasteiger partial charge in [0.15, 0.2) is 0 Å². The van der Waals surface area contributed by atoms with Gasteiger partial charge in [-0.3, -0.25) is 0 Å². The molecule has 2 aromatic heterocycles. The van der Waals surface area contributed by atoms with Gasteiger partial charge in [-0.15, -0.1) is 0 Å². The van der Waals surface area contributed by atoms with Crippen molar-refractivity contribution >= 4 is 11.2 Å². The lowest BCUT2D eigenvalue weighted by Crippen LogP contribution is -2.43. The van der Waals surface area contributed by atoms with E-state index in [0.29, 0.717) is 0 Å². The predicted molar refractivity (Wildman–Crippen MR) is 78.2 cm³/mol. The van der Waals surface area contributed by atoms with Crippen molar-refractivity contribution in [2.45, 2.75) is 18.9 Å². The van der Waals surface area contributed by atoms with Crippen LogP contribution in [0.2, 0.25) is 0 Å². The molecule has 106 valence electrons. The van der Waals surface area contributed by atoms with Crippen LogP contribution in [0.3, 0.4) is 0 Å². The third kappa shape index (κ3) is 2.07. The van der Waals surface area contributed by atoms with E-state index < -0.39 is 0 Å². The molecule has 0 amide bonds. The Bertz CT molecular complexity index is 597. The normalized spacial score (nSPS) is 23.6. The number of anilines is 1. The Morgan fingerprint density at radius 1 is 1.30 bits per heavy atom. The summed E-state index contributed by atoms with van der Waals surface area (Å²) in [6.45, 7) is 5.13. The molecule has 0 radical (unpaired) electrons. The molecule has 2 aromatic rings. The van der Waals surface area contributed by atoms with Gasteiger partial charge in [0.1, 0.15) is 11.9 Å². The molecule has 0 aliphatic carbocycles. The molecule has 1 unspecified atom stereocenters. The molecule has 2 aliphatic rings. The standard InChI is InChI=1S/C15H20N4O/c1-2-14(20-9-1)15-17-11-13-10-12(3-6-19(13)15)18-7-4-16-5-8-18/h3,6,10-11,14,16H,1-2,4-5,7-9H2. The van der Waals surface area contributed by atoms with Crippen molar-refractivity contribution in [3.05, 3.63) is 30.4 Å². The van der Waals surface area contributed by atoms with Gasteiger partial charge < -0.3 is 19.4 Å². The molecule has 0 spiro atoms. The molecule has 0 saturated carbocycles. The first-order valence-electron chi connectivity index (χ1n) is 7.46. The topological polar surface area (TPSA) is 41.8 Å². The van der Waals surface area contributed by atoms with Crippen LogP contribution in [0.5, 0.6) is 0 Å². The second-order valence-corrected chi connectivity index (χ2v) is 5.53. The number of pyridine rings is 1. The van der Waals surface area contributed by atoms with E-state index in [-0.39, 0.29) is 6.10 Å². The summed E-state index contributed by atoms with van der Waals surface area (Å²) >= 11 is 0. The van der Waals surface area contributed by atoms with Gasteiger partial charge in [0.25, 0.3) is 0 Å². The average Bonchev–Trinajstić information content (AvgIpc) is 3.16. The van der Waals surface area contributed by atoms with Crippen molar-refractivity contribution in [2.24, 2.45) is 0 Å². The maximum Gasteiger partial charge on any atom is 0.142 e. The van der Waals surface area contributed by atoms with Crippen LogP contribution in [0.4, 0.5) is 5.69 Å².